The maximum atomic E-state index is 8.68. The first kappa shape index (κ1) is 19.0. The number of hydrogen-bond donors (Lipinski definition) is 0. The first-order chi connectivity index (χ1) is 22.4. The lowest BCUT2D eigenvalue weighted by atomic mass is 9.94. The van der Waals surface area contributed by atoms with Crippen molar-refractivity contribution < 1.29 is 6.85 Å². The summed E-state index contributed by atoms with van der Waals surface area (Å²) in [5.41, 5.74) is 3.68. The highest BCUT2D eigenvalue weighted by Gasteiger charge is 2.20. The van der Waals surface area contributed by atoms with Gasteiger partial charge in [0, 0.05) is 42.2 Å². The first-order valence-electron chi connectivity index (χ1n) is 15.7. The Morgan fingerprint density at radius 3 is 1.95 bits per heavy atom. The smallest absolute Gasteiger partial charge is 0.164 e. The van der Waals surface area contributed by atoms with Crippen LogP contribution < -0.4 is 0 Å². The summed E-state index contributed by atoms with van der Waals surface area (Å²) in [7, 11) is 0. The minimum absolute atomic E-state index is 0.0201. The van der Waals surface area contributed by atoms with Crippen LogP contribution in [0.3, 0.4) is 0 Å². The summed E-state index contributed by atoms with van der Waals surface area (Å²) in [4.78, 5) is 14.5. The van der Waals surface area contributed by atoms with Gasteiger partial charge in [0.15, 0.2) is 17.5 Å². The molecular weight excluding hydrogens is 518 g/mol. The van der Waals surface area contributed by atoms with Crippen molar-refractivity contribution in [3.63, 3.8) is 0 Å². The second-order valence-corrected chi connectivity index (χ2v) is 10.7. The van der Waals surface area contributed by atoms with E-state index in [0.717, 1.165) is 53.2 Å². The average Bonchev–Trinajstić information content (AvgIpc) is 3.50. The molecule has 8 rings (SSSR count). The molecular formula is C37H23N3S. The van der Waals surface area contributed by atoms with E-state index in [9.17, 15) is 0 Å². The fourth-order valence-corrected chi connectivity index (χ4v) is 6.68. The van der Waals surface area contributed by atoms with Gasteiger partial charge in [-0.3, -0.25) is 0 Å². The summed E-state index contributed by atoms with van der Waals surface area (Å²) in [5.74, 6) is 0.723. The largest absolute Gasteiger partial charge is 0.208 e. The van der Waals surface area contributed by atoms with Gasteiger partial charge in [-0.2, -0.15) is 0 Å². The number of thiophene rings is 1. The highest BCUT2D eigenvalue weighted by atomic mass is 32.1. The number of aromatic nitrogens is 3. The zero-order valence-electron chi connectivity index (χ0n) is 26.6. The Morgan fingerprint density at radius 2 is 1.17 bits per heavy atom. The summed E-state index contributed by atoms with van der Waals surface area (Å²) in [6, 6.07) is 34.3. The molecule has 0 saturated carbocycles. The lowest BCUT2D eigenvalue weighted by molar-refractivity contribution is 1.08. The van der Waals surface area contributed by atoms with E-state index in [1.54, 1.807) is 11.3 Å². The second kappa shape index (κ2) is 9.77. The van der Waals surface area contributed by atoms with Crippen LogP contribution in [0.15, 0.2) is 139 Å². The van der Waals surface area contributed by atoms with Crippen molar-refractivity contribution in [2.45, 2.75) is 0 Å². The maximum Gasteiger partial charge on any atom is 0.164 e. The lowest BCUT2D eigenvalue weighted by Crippen LogP contribution is -2.00. The van der Waals surface area contributed by atoms with Crippen molar-refractivity contribution in [2.24, 2.45) is 0 Å². The van der Waals surface area contributed by atoms with Crippen LogP contribution in [-0.2, 0) is 0 Å². The Morgan fingerprint density at radius 1 is 0.512 bits per heavy atom. The predicted molar refractivity (Wildman–Crippen MR) is 172 cm³/mol. The minimum Gasteiger partial charge on any atom is -0.208 e. The number of benzene rings is 6. The molecule has 0 amide bonds. The Kier molecular flexibility index (Phi) is 4.52. The van der Waals surface area contributed by atoms with Crippen LogP contribution in [0, 0.1) is 0 Å². The summed E-state index contributed by atoms with van der Waals surface area (Å²) in [5, 5.41) is 4.21. The molecule has 0 aliphatic rings. The van der Waals surface area contributed by atoms with E-state index >= 15 is 0 Å². The van der Waals surface area contributed by atoms with E-state index < -0.39 is 18.1 Å². The van der Waals surface area contributed by atoms with E-state index in [1.165, 1.54) is 0 Å². The van der Waals surface area contributed by atoms with Gasteiger partial charge in [0.2, 0.25) is 0 Å². The molecule has 0 N–H and O–H groups in total. The zero-order chi connectivity index (χ0) is 31.5. The predicted octanol–water partition coefficient (Wildman–Crippen LogP) is 10.1. The average molecular weight is 547 g/mol. The van der Waals surface area contributed by atoms with Crippen LogP contribution in [0.2, 0.25) is 0 Å². The van der Waals surface area contributed by atoms with Gasteiger partial charge in [0.05, 0.1) is 6.85 Å². The standard InChI is InChI=1S/C37H23N3S/c1-4-13-24(14-5-1)28-21-12-19-27-23-30(33-29-20-10-11-22-31(29)41-34(33)32(27)28)37-39-35(25-15-6-2-7-16-25)38-36(40-37)26-17-8-3-9-18-26/h1-23H/i2D,6D,7D,15D,16D. The number of rotatable bonds is 4. The molecule has 0 aliphatic heterocycles. The molecule has 6 aromatic carbocycles. The normalized spacial score (nSPS) is 13.1. The Balaban J connectivity index is 1.50. The molecule has 0 atom stereocenters. The van der Waals surface area contributed by atoms with Crippen molar-refractivity contribution in [3.8, 4) is 45.3 Å². The van der Waals surface area contributed by atoms with Crippen molar-refractivity contribution in [1.29, 1.82) is 0 Å². The maximum absolute atomic E-state index is 8.68. The molecule has 41 heavy (non-hydrogen) atoms. The monoisotopic (exact) mass is 546 g/mol. The molecule has 3 nitrogen and oxygen atoms in total. The van der Waals surface area contributed by atoms with Gasteiger partial charge < -0.3 is 0 Å². The van der Waals surface area contributed by atoms with Crippen molar-refractivity contribution in [2.75, 3.05) is 0 Å². The minimum atomic E-state index is -0.466. The zero-order valence-corrected chi connectivity index (χ0v) is 22.5. The summed E-state index contributed by atoms with van der Waals surface area (Å²) >= 11 is 1.72. The quantitative estimate of drug-likeness (QED) is 0.220. The van der Waals surface area contributed by atoms with Crippen molar-refractivity contribution >= 4 is 42.3 Å². The highest BCUT2D eigenvalue weighted by Crippen LogP contribution is 2.46. The fourth-order valence-electron chi connectivity index (χ4n) is 5.38. The van der Waals surface area contributed by atoms with Crippen LogP contribution in [0.5, 0.6) is 0 Å². The van der Waals surface area contributed by atoms with Crippen LogP contribution in [0.1, 0.15) is 6.85 Å². The molecule has 2 heterocycles. The van der Waals surface area contributed by atoms with Gasteiger partial charge in [-0.1, -0.05) is 127 Å². The number of fused-ring (bicyclic) bond motifs is 5. The van der Waals surface area contributed by atoms with Gasteiger partial charge in [0.25, 0.3) is 0 Å². The van der Waals surface area contributed by atoms with E-state index in [1.807, 2.05) is 60.7 Å². The van der Waals surface area contributed by atoms with Crippen LogP contribution >= 0.6 is 11.3 Å². The Labute approximate surface area is 248 Å². The molecule has 0 fully saturated rings. The van der Waals surface area contributed by atoms with Gasteiger partial charge in [-0.05, 0) is 28.6 Å². The molecule has 2 aromatic heterocycles. The van der Waals surface area contributed by atoms with Gasteiger partial charge in [-0.25, -0.2) is 15.0 Å². The van der Waals surface area contributed by atoms with E-state index in [0.29, 0.717) is 11.6 Å². The lowest BCUT2D eigenvalue weighted by Gasteiger charge is -2.13. The van der Waals surface area contributed by atoms with Gasteiger partial charge >= 0.3 is 0 Å². The third-order valence-corrected chi connectivity index (χ3v) is 8.39. The molecule has 0 spiro atoms. The molecule has 8 aromatic rings. The van der Waals surface area contributed by atoms with Gasteiger partial charge in [-0.15, -0.1) is 11.3 Å². The molecule has 0 aliphatic carbocycles. The molecule has 4 heteroatoms. The summed E-state index contributed by atoms with van der Waals surface area (Å²) in [6.45, 7) is 0. The van der Waals surface area contributed by atoms with E-state index in [2.05, 4.69) is 48.5 Å². The van der Waals surface area contributed by atoms with Crippen LogP contribution in [0.4, 0.5) is 0 Å². The number of nitrogens with zero attached hydrogens (tertiary/aromatic N) is 3. The molecule has 0 saturated heterocycles. The Hall–Kier alpha value is -5.19. The summed E-state index contributed by atoms with van der Waals surface area (Å²) < 4.78 is 44.3. The molecule has 192 valence electrons. The van der Waals surface area contributed by atoms with Gasteiger partial charge in [0.1, 0.15) is 0 Å². The first-order valence-corrected chi connectivity index (χ1v) is 14.0. The van der Waals surface area contributed by atoms with E-state index in [-0.39, 0.29) is 23.5 Å². The Bertz CT molecular complexity index is 2450. The van der Waals surface area contributed by atoms with Crippen molar-refractivity contribution in [3.05, 3.63) is 139 Å². The summed E-state index contributed by atoms with van der Waals surface area (Å²) in [6.07, 6.45) is 0. The SMILES string of the molecule is [2H]c1c([2H])c([2H])c(-c2nc(-c3ccccc3)nc(-c3cc4cccc(-c5ccccc5)c4c4sc5ccccc5c34)n2)c([2H])c1[2H]. The topological polar surface area (TPSA) is 38.7 Å². The highest BCUT2D eigenvalue weighted by molar-refractivity contribution is 7.26. The van der Waals surface area contributed by atoms with Crippen molar-refractivity contribution in [1.82, 2.24) is 15.0 Å². The molecule has 0 unspecified atom stereocenters. The van der Waals surface area contributed by atoms with E-state index in [4.69, 9.17) is 21.8 Å². The number of hydrogen-bond acceptors (Lipinski definition) is 4. The molecule has 0 bridgehead atoms. The fraction of sp³-hybridized carbons (Fsp3) is 0. The third kappa shape index (κ3) is 4.08. The van der Waals surface area contributed by atoms with Crippen LogP contribution in [0.25, 0.3) is 76.2 Å². The molecule has 0 radical (unpaired) electrons. The third-order valence-electron chi connectivity index (χ3n) is 7.21. The van der Waals surface area contributed by atoms with Crippen LogP contribution in [-0.4, -0.2) is 15.0 Å². The second-order valence-electron chi connectivity index (χ2n) is 9.67.